The number of hydrogen-bond acceptors (Lipinski definition) is 4. The summed E-state index contributed by atoms with van der Waals surface area (Å²) in [4.78, 5) is 16.1. The Hall–Kier alpha value is -2.86. The Morgan fingerprint density at radius 1 is 1.36 bits per heavy atom. The molecule has 0 saturated heterocycles. The molecule has 0 fully saturated rings. The van der Waals surface area contributed by atoms with Crippen LogP contribution in [0.3, 0.4) is 0 Å². The number of pyridine rings is 1. The Balaban J connectivity index is 1.82. The van der Waals surface area contributed by atoms with Gasteiger partial charge in [0.15, 0.2) is 5.65 Å². The van der Waals surface area contributed by atoms with E-state index in [0.717, 1.165) is 22.6 Å². The van der Waals surface area contributed by atoms with E-state index < -0.39 is 5.97 Å². The van der Waals surface area contributed by atoms with Crippen molar-refractivity contribution in [3.05, 3.63) is 64.6 Å². The van der Waals surface area contributed by atoms with Gasteiger partial charge in [0.1, 0.15) is 0 Å². The molecule has 0 radical (unpaired) electrons. The quantitative estimate of drug-likeness (QED) is 0.767. The first-order valence-electron chi connectivity index (χ1n) is 8.19. The summed E-state index contributed by atoms with van der Waals surface area (Å²) in [5, 5.41) is 12.9. The van der Waals surface area contributed by atoms with Crippen LogP contribution in [0.5, 0.6) is 0 Å². The van der Waals surface area contributed by atoms with E-state index >= 15 is 0 Å². The minimum atomic E-state index is -0.962. The van der Waals surface area contributed by atoms with Gasteiger partial charge in [0.05, 0.1) is 36.2 Å². The van der Waals surface area contributed by atoms with E-state index in [-0.39, 0.29) is 11.6 Å². The van der Waals surface area contributed by atoms with E-state index in [1.807, 2.05) is 30.4 Å². The molecule has 0 amide bonds. The lowest BCUT2D eigenvalue weighted by Crippen LogP contribution is -2.23. The van der Waals surface area contributed by atoms with Crippen molar-refractivity contribution >= 4 is 17.3 Å². The molecule has 2 N–H and O–H groups in total. The first-order valence-corrected chi connectivity index (χ1v) is 8.19. The Morgan fingerprint density at radius 2 is 2.16 bits per heavy atom. The highest BCUT2D eigenvalue weighted by molar-refractivity contribution is 5.90. The molecule has 3 aromatic rings. The van der Waals surface area contributed by atoms with Crippen LogP contribution in [0.4, 0.5) is 5.69 Å². The number of nitrogens with zero attached hydrogens (tertiary/aromatic N) is 2. The van der Waals surface area contributed by atoms with Crippen molar-refractivity contribution in [1.82, 2.24) is 9.38 Å². The van der Waals surface area contributed by atoms with Crippen LogP contribution in [0.2, 0.25) is 0 Å². The van der Waals surface area contributed by atoms with Gasteiger partial charge in [-0.3, -0.25) is 0 Å². The smallest absolute Gasteiger partial charge is 0.337 e. The van der Waals surface area contributed by atoms with Gasteiger partial charge in [0, 0.05) is 11.9 Å². The summed E-state index contributed by atoms with van der Waals surface area (Å²) in [6.07, 6.45) is 1.61. The summed E-state index contributed by atoms with van der Waals surface area (Å²) < 4.78 is 7.52. The fourth-order valence-corrected chi connectivity index (χ4v) is 3.28. The SMILES string of the molecule is Cc1nc2c(NC3COCc4ccccc43)cc(C(=O)O)cn2c1C. The molecule has 0 aliphatic carbocycles. The first kappa shape index (κ1) is 15.7. The molecule has 1 aliphatic rings. The first-order chi connectivity index (χ1) is 12.0. The average molecular weight is 337 g/mol. The number of imidazole rings is 1. The van der Waals surface area contributed by atoms with Crippen LogP contribution >= 0.6 is 0 Å². The number of nitrogens with one attached hydrogen (secondary N) is 1. The van der Waals surface area contributed by atoms with Crippen molar-refractivity contribution < 1.29 is 14.6 Å². The highest BCUT2D eigenvalue weighted by Gasteiger charge is 2.22. The zero-order chi connectivity index (χ0) is 17.6. The van der Waals surface area contributed by atoms with Crippen molar-refractivity contribution in [1.29, 1.82) is 0 Å². The normalized spacial score (nSPS) is 16.6. The molecule has 2 aromatic heterocycles. The van der Waals surface area contributed by atoms with Crippen molar-refractivity contribution in [3.63, 3.8) is 0 Å². The minimum Gasteiger partial charge on any atom is -0.478 e. The lowest BCUT2D eigenvalue weighted by atomic mass is 9.99. The molecule has 6 heteroatoms. The summed E-state index contributed by atoms with van der Waals surface area (Å²) in [6.45, 7) is 4.98. The van der Waals surface area contributed by atoms with Crippen LogP contribution in [-0.4, -0.2) is 27.1 Å². The van der Waals surface area contributed by atoms with Crippen LogP contribution in [0.25, 0.3) is 5.65 Å². The maximum absolute atomic E-state index is 11.5. The Morgan fingerprint density at radius 3 is 2.96 bits per heavy atom. The van der Waals surface area contributed by atoms with Crippen LogP contribution in [0.1, 0.15) is 38.9 Å². The zero-order valence-corrected chi connectivity index (χ0v) is 14.1. The van der Waals surface area contributed by atoms with Gasteiger partial charge in [-0.25, -0.2) is 9.78 Å². The van der Waals surface area contributed by atoms with Crippen molar-refractivity contribution in [2.45, 2.75) is 26.5 Å². The molecule has 0 saturated carbocycles. The lowest BCUT2D eigenvalue weighted by molar-refractivity contribution is 0.0696. The number of carbonyl (C=O) groups is 1. The Labute approximate surface area is 145 Å². The molecule has 1 aromatic carbocycles. The number of carboxylic acids is 1. The van der Waals surface area contributed by atoms with Crippen LogP contribution < -0.4 is 5.32 Å². The standard InChI is InChI=1S/C19H19N3O3/c1-11-12(2)22-8-14(19(23)24)7-16(18(22)20-11)21-17-10-25-9-13-5-3-4-6-15(13)17/h3-8,17,21H,9-10H2,1-2H3,(H,23,24). The number of aromatic carboxylic acids is 1. The zero-order valence-electron chi connectivity index (χ0n) is 14.1. The third-order valence-electron chi connectivity index (χ3n) is 4.74. The van der Waals surface area contributed by atoms with Crippen LogP contribution in [-0.2, 0) is 11.3 Å². The summed E-state index contributed by atoms with van der Waals surface area (Å²) in [7, 11) is 0. The molecule has 1 aliphatic heterocycles. The topological polar surface area (TPSA) is 75.9 Å². The van der Waals surface area contributed by atoms with E-state index in [2.05, 4.69) is 22.4 Å². The summed E-state index contributed by atoms with van der Waals surface area (Å²) in [6, 6.07) is 9.73. The molecule has 128 valence electrons. The predicted octanol–water partition coefficient (Wildman–Crippen LogP) is 3.33. The number of aromatic nitrogens is 2. The second kappa shape index (κ2) is 5.89. The Kier molecular flexibility index (Phi) is 3.69. The summed E-state index contributed by atoms with van der Waals surface area (Å²) in [5.74, 6) is -0.962. The number of rotatable bonds is 3. The Bertz CT molecular complexity index is 977. The van der Waals surface area contributed by atoms with E-state index in [1.165, 1.54) is 5.56 Å². The van der Waals surface area contributed by atoms with Crippen LogP contribution in [0, 0.1) is 13.8 Å². The van der Waals surface area contributed by atoms with Gasteiger partial charge in [-0.1, -0.05) is 24.3 Å². The molecule has 1 atom stereocenters. The van der Waals surface area contributed by atoms with Gasteiger partial charge in [0.25, 0.3) is 0 Å². The molecule has 3 heterocycles. The summed E-state index contributed by atoms with van der Waals surface area (Å²) >= 11 is 0. The third-order valence-corrected chi connectivity index (χ3v) is 4.74. The van der Waals surface area contributed by atoms with Gasteiger partial charge in [0.2, 0.25) is 0 Å². The third kappa shape index (κ3) is 2.64. The number of fused-ring (bicyclic) bond motifs is 2. The number of hydrogen-bond donors (Lipinski definition) is 2. The number of carboxylic acid groups (broad SMARTS) is 1. The lowest BCUT2D eigenvalue weighted by Gasteiger charge is -2.27. The number of ether oxygens (including phenoxy) is 1. The van der Waals surface area contributed by atoms with Gasteiger partial charge in [-0.05, 0) is 31.0 Å². The van der Waals surface area contributed by atoms with Gasteiger partial charge in [-0.15, -0.1) is 0 Å². The second-order valence-electron chi connectivity index (χ2n) is 6.33. The van der Waals surface area contributed by atoms with Crippen molar-refractivity contribution in [2.24, 2.45) is 0 Å². The minimum absolute atomic E-state index is 0.0462. The highest BCUT2D eigenvalue weighted by atomic mass is 16.5. The molecule has 4 rings (SSSR count). The second-order valence-corrected chi connectivity index (χ2v) is 6.33. The average Bonchev–Trinajstić information content (AvgIpc) is 2.90. The maximum Gasteiger partial charge on any atom is 0.337 e. The highest BCUT2D eigenvalue weighted by Crippen LogP contribution is 2.30. The monoisotopic (exact) mass is 337 g/mol. The van der Waals surface area contributed by atoms with E-state index in [4.69, 9.17) is 4.74 Å². The predicted molar refractivity (Wildman–Crippen MR) is 94.1 cm³/mol. The van der Waals surface area contributed by atoms with E-state index in [9.17, 15) is 9.90 Å². The fourth-order valence-electron chi connectivity index (χ4n) is 3.28. The van der Waals surface area contributed by atoms with Crippen molar-refractivity contribution in [2.75, 3.05) is 11.9 Å². The number of aryl methyl sites for hydroxylation is 2. The molecule has 25 heavy (non-hydrogen) atoms. The molecular formula is C19H19N3O3. The maximum atomic E-state index is 11.5. The largest absolute Gasteiger partial charge is 0.478 e. The van der Waals surface area contributed by atoms with Crippen molar-refractivity contribution in [3.8, 4) is 0 Å². The molecule has 6 nitrogen and oxygen atoms in total. The van der Waals surface area contributed by atoms with E-state index in [0.29, 0.717) is 18.9 Å². The molecule has 1 unspecified atom stereocenters. The molecule has 0 spiro atoms. The van der Waals surface area contributed by atoms with E-state index in [1.54, 1.807) is 12.3 Å². The number of anilines is 1. The van der Waals surface area contributed by atoms with Gasteiger partial charge >= 0.3 is 5.97 Å². The van der Waals surface area contributed by atoms with Gasteiger partial charge in [-0.2, -0.15) is 0 Å². The fraction of sp³-hybridized carbons (Fsp3) is 0.263. The molecule has 0 bridgehead atoms. The summed E-state index contributed by atoms with van der Waals surface area (Å²) in [5.41, 5.74) is 5.78. The molecular weight excluding hydrogens is 318 g/mol. The van der Waals surface area contributed by atoms with Crippen LogP contribution in [0.15, 0.2) is 36.5 Å². The number of benzene rings is 1. The van der Waals surface area contributed by atoms with Gasteiger partial charge < -0.3 is 19.6 Å².